The summed E-state index contributed by atoms with van der Waals surface area (Å²) < 4.78 is 2.04. The van der Waals surface area contributed by atoms with E-state index >= 15 is 0 Å². The zero-order chi connectivity index (χ0) is 17.6. The van der Waals surface area contributed by atoms with E-state index in [2.05, 4.69) is 32.2 Å². The third-order valence-electron chi connectivity index (χ3n) is 4.48. The molecule has 2 N–H and O–H groups in total. The van der Waals surface area contributed by atoms with Gasteiger partial charge in [-0.05, 0) is 25.3 Å². The van der Waals surface area contributed by atoms with Crippen LogP contribution in [-0.4, -0.2) is 42.8 Å². The number of aliphatic hydroxyl groups is 1. The van der Waals surface area contributed by atoms with Crippen molar-refractivity contribution in [3.8, 4) is 0 Å². The Morgan fingerprint density at radius 1 is 1.24 bits per heavy atom. The van der Waals surface area contributed by atoms with Crippen LogP contribution in [-0.2, 0) is 19.6 Å². The van der Waals surface area contributed by atoms with Gasteiger partial charge in [-0.3, -0.25) is 9.58 Å². The minimum Gasteiger partial charge on any atom is -0.387 e. The lowest BCUT2D eigenvalue weighted by molar-refractivity contribution is 0.167. The van der Waals surface area contributed by atoms with E-state index in [1.54, 1.807) is 0 Å². The summed E-state index contributed by atoms with van der Waals surface area (Å²) in [6.07, 6.45) is 6.13. The monoisotopic (exact) mass is 344 g/mol. The van der Waals surface area contributed by atoms with Gasteiger partial charge in [-0.15, -0.1) is 0 Å². The zero-order valence-electron chi connectivity index (χ0n) is 15.1. The van der Waals surface area contributed by atoms with Gasteiger partial charge >= 0.3 is 0 Å². The normalized spacial score (nSPS) is 16.3. The molecule has 0 saturated heterocycles. The topological polar surface area (TPSA) is 79.1 Å². The average molecular weight is 344 g/mol. The largest absolute Gasteiger partial charge is 0.387 e. The molecule has 1 atom stereocenters. The molecule has 3 rings (SSSR count). The number of hydrogen-bond donors (Lipinski definition) is 2. The third-order valence-corrected chi connectivity index (χ3v) is 4.48. The number of nitrogens with zero attached hydrogens (tertiary/aromatic N) is 5. The van der Waals surface area contributed by atoms with E-state index in [-0.39, 0.29) is 0 Å². The molecule has 25 heavy (non-hydrogen) atoms. The van der Waals surface area contributed by atoms with Crippen LogP contribution in [0.3, 0.4) is 0 Å². The summed E-state index contributed by atoms with van der Waals surface area (Å²) in [4.78, 5) is 11.2. The highest BCUT2D eigenvalue weighted by Gasteiger charge is 2.19. The number of aryl methyl sites for hydroxylation is 1. The smallest absolute Gasteiger partial charge is 0.222 e. The van der Waals surface area contributed by atoms with E-state index in [0.717, 1.165) is 56.8 Å². The van der Waals surface area contributed by atoms with Crippen molar-refractivity contribution in [2.75, 3.05) is 18.4 Å². The molecule has 0 bridgehead atoms. The summed E-state index contributed by atoms with van der Waals surface area (Å²) in [6, 6.07) is 2.04. The first-order chi connectivity index (χ1) is 12.2. The van der Waals surface area contributed by atoms with Gasteiger partial charge in [-0.2, -0.15) is 5.10 Å². The third kappa shape index (κ3) is 4.55. The summed E-state index contributed by atoms with van der Waals surface area (Å²) in [5, 5.41) is 17.8. The first-order valence-electron chi connectivity index (χ1n) is 9.21. The number of anilines is 1. The molecule has 1 aliphatic rings. The standard InChI is InChI=1S/C18H28N6O/c1-3-6-19-18-20-10-14(11-21-18)12-23-7-5-8-24-15(13-23)9-16(22-24)17(25)4-2/h9-11,17,25H,3-8,12-13H2,1-2H3,(H,19,20,21)/t17-/m1/s1. The molecule has 2 aromatic heterocycles. The van der Waals surface area contributed by atoms with Gasteiger partial charge in [-0.1, -0.05) is 13.8 Å². The van der Waals surface area contributed by atoms with Gasteiger partial charge in [0.1, 0.15) is 0 Å². The van der Waals surface area contributed by atoms with Crippen molar-refractivity contribution in [3.05, 3.63) is 35.4 Å². The molecule has 3 heterocycles. The number of aromatic nitrogens is 4. The predicted octanol–water partition coefficient (Wildman–Crippen LogP) is 2.34. The highest BCUT2D eigenvalue weighted by molar-refractivity contribution is 5.24. The van der Waals surface area contributed by atoms with Crippen molar-refractivity contribution in [1.82, 2.24) is 24.6 Å². The van der Waals surface area contributed by atoms with Crippen molar-refractivity contribution >= 4 is 5.95 Å². The molecule has 7 nitrogen and oxygen atoms in total. The van der Waals surface area contributed by atoms with Crippen LogP contribution < -0.4 is 5.32 Å². The Morgan fingerprint density at radius 2 is 2.04 bits per heavy atom. The molecule has 136 valence electrons. The highest BCUT2D eigenvalue weighted by Crippen LogP contribution is 2.20. The van der Waals surface area contributed by atoms with Crippen molar-refractivity contribution in [2.24, 2.45) is 0 Å². The van der Waals surface area contributed by atoms with E-state index in [9.17, 15) is 5.11 Å². The van der Waals surface area contributed by atoms with Crippen molar-refractivity contribution < 1.29 is 5.11 Å². The van der Waals surface area contributed by atoms with Crippen molar-refractivity contribution in [2.45, 2.75) is 58.8 Å². The molecule has 0 aromatic carbocycles. The van der Waals surface area contributed by atoms with Crippen LogP contribution in [0.5, 0.6) is 0 Å². The van der Waals surface area contributed by atoms with Gasteiger partial charge in [0.25, 0.3) is 0 Å². The summed E-state index contributed by atoms with van der Waals surface area (Å²) in [7, 11) is 0. The van der Waals surface area contributed by atoms with E-state index in [1.807, 2.05) is 30.1 Å². The second-order valence-electron chi connectivity index (χ2n) is 6.61. The molecule has 0 spiro atoms. The minimum absolute atomic E-state index is 0.468. The number of rotatable bonds is 7. The number of aliphatic hydroxyl groups excluding tert-OH is 1. The average Bonchev–Trinajstić information content (AvgIpc) is 2.94. The van der Waals surface area contributed by atoms with Crippen LogP contribution in [0.25, 0.3) is 0 Å². The molecule has 0 unspecified atom stereocenters. The minimum atomic E-state index is -0.468. The van der Waals surface area contributed by atoms with Gasteiger partial charge < -0.3 is 10.4 Å². The number of hydrogen-bond acceptors (Lipinski definition) is 6. The first kappa shape index (κ1) is 17.8. The van der Waals surface area contributed by atoms with E-state index in [0.29, 0.717) is 12.4 Å². The Hall–Kier alpha value is -1.99. The van der Waals surface area contributed by atoms with Crippen LogP contribution in [0, 0.1) is 0 Å². The van der Waals surface area contributed by atoms with Crippen LogP contribution in [0.15, 0.2) is 18.5 Å². The Bertz CT molecular complexity index is 669. The summed E-state index contributed by atoms with van der Waals surface area (Å²) in [5.74, 6) is 0.692. The Labute approximate surface area is 149 Å². The van der Waals surface area contributed by atoms with Gasteiger partial charge in [0.05, 0.1) is 17.5 Å². The molecule has 7 heteroatoms. The maximum atomic E-state index is 10.0. The van der Waals surface area contributed by atoms with E-state index < -0.39 is 6.10 Å². The number of nitrogens with one attached hydrogen (secondary N) is 1. The summed E-state index contributed by atoms with van der Waals surface area (Å²) >= 11 is 0. The SMILES string of the molecule is CCCNc1ncc(CN2CCCn3nc([C@H](O)CC)cc3C2)cn1. The molecular weight excluding hydrogens is 316 g/mol. The molecular formula is C18H28N6O. The van der Waals surface area contributed by atoms with Gasteiger partial charge in [-0.25, -0.2) is 9.97 Å². The fourth-order valence-electron chi connectivity index (χ4n) is 3.08. The predicted molar refractivity (Wildman–Crippen MR) is 97.0 cm³/mol. The lowest BCUT2D eigenvalue weighted by Gasteiger charge is -2.19. The quantitative estimate of drug-likeness (QED) is 0.803. The maximum absolute atomic E-state index is 10.0. The van der Waals surface area contributed by atoms with Gasteiger partial charge in [0, 0.05) is 50.7 Å². The molecule has 0 fully saturated rings. The molecule has 1 aliphatic heterocycles. The summed E-state index contributed by atoms with van der Waals surface area (Å²) in [6.45, 7) is 8.56. The molecule has 2 aromatic rings. The Kier molecular flexibility index (Phi) is 5.99. The van der Waals surface area contributed by atoms with Gasteiger partial charge in [0.15, 0.2) is 0 Å². The molecule has 0 saturated carbocycles. The van der Waals surface area contributed by atoms with Crippen molar-refractivity contribution in [1.29, 1.82) is 0 Å². The maximum Gasteiger partial charge on any atom is 0.222 e. The van der Waals surface area contributed by atoms with Crippen LogP contribution in [0.4, 0.5) is 5.95 Å². The lowest BCUT2D eigenvalue weighted by atomic mass is 10.2. The molecule has 0 radical (unpaired) electrons. The second kappa shape index (κ2) is 8.40. The Balaban J connectivity index is 1.64. The van der Waals surface area contributed by atoms with E-state index in [1.165, 1.54) is 5.69 Å². The van der Waals surface area contributed by atoms with Crippen molar-refractivity contribution in [3.63, 3.8) is 0 Å². The van der Waals surface area contributed by atoms with Gasteiger partial charge in [0.2, 0.25) is 5.95 Å². The van der Waals surface area contributed by atoms with E-state index in [4.69, 9.17) is 0 Å². The highest BCUT2D eigenvalue weighted by atomic mass is 16.3. The molecule has 0 amide bonds. The number of fused-ring (bicyclic) bond motifs is 1. The van der Waals surface area contributed by atoms with Crippen LogP contribution in [0.2, 0.25) is 0 Å². The fourth-order valence-corrected chi connectivity index (χ4v) is 3.08. The zero-order valence-corrected chi connectivity index (χ0v) is 15.1. The molecule has 0 aliphatic carbocycles. The summed E-state index contributed by atoms with van der Waals surface area (Å²) in [5.41, 5.74) is 3.07. The first-order valence-corrected chi connectivity index (χ1v) is 9.21. The Morgan fingerprint density at radius 3 is 2.76 bits per heavy atom. The van der Waals surface area contributed by atoms with Crippen LogP contribution >= 0.6 is 0 Å². The lowest BCUT2D eigenvalue weighted by Crippen LogP contribution is -2.23. The van der Waals surface area contributed by atoms with Crippen LogP contribution in [0.1, 0.15) is 56.2 Å². The fraction of sp³-hybridized carbons (Fsp3) is 0.611. The second-order valence-corrected chi connectivity index (χ2v) is 6.61.